The van der Waals surface area contributed by atoms with E-state index in [2.05, 4.69) is 12.2 Å². The van der Waals surface area contributed by atoms with Gasteiger partial charge in [0.1, 0.15) is 6.61 Å². The fraction of sp³-hybridized carbons (Fsp3) is 0.870. The van der Waals surface area contributed by atoms with E-state index >= 15 is 0 Å². The molecule has 0 spiro atoms. The second kappa shape index (κ2) is 12.9. The van der Waals surface area contributed by atoms with Gasteiger partial charge in [-0.05, 0) is 12.3 Å². The van der Waals surface area contributed by atoms with Crippen molar-refractivity contribution >= 4 is 17.8 Å². The molecule has 0 saturated carbocycles. The predicted octanol–water partition coefficient (Wildman–Crippen LogP) is 4.13. The summed E-state index contributed by atoms with van der Waals surface area (Å²) in [5.41, 5.74) is 0. The molecule has 1 aliphatic rings. The second-order valence-corrected chi connectivity index (χ2v) is 9.04. The van der Waals surface area contributed by atoms with E-state index in [9.17, 15) is 14.4 Å². The third kappa shape index (κ3) is 9.45. The van der Waals surface area contributed by atoms with Crippen LogP contribution >= 0.6 is 0 Å². The molecule has 30 heavy (non-hydrogen) atoms. The zero-order valence-corrected chi connectivity index (χ0v) is 19.6. The number of amides is 1. The van der Waals surface area contributed by atoms with Gasteiger partial charge >= 0.3 is 11.9 Å². The van der Waals surface area contributed by atoms with E-state index in [0.717, 1.165) is 19.3 Å². The van der Waals surface area contributed by atoms with Gasteiger partial charge in [-0.3, -0.25) is 9.59 Å². The lowest BCUT2D eigenvalue weighted by Crippen LogP contribution is -2.48. The fourth-order valence-corrected chi connectivity index (χ4v) is 3.56. The van der Waals surface area contributed by atoms with Gasteiger partial charge in [0, 0.05) is 20.8 Å². The fourth-order valence-electron chi connectivity index (χ4n) is 3.56. The largest absolute Gasteiger partial charge is 0.464 e. The average molecular weight is 428 g/mol. The molecule has 1 rings (SSSR count). The number of carbonyl (C=O) groups is 3. The highest BCUT2D eigenvalue weighted by molar-refractivity contribution is 5.88. The summed E-state index contributed by atoms with van der Waals surface area (Å²) in [5.74, 6) is -2.74. The summed E-state index contributed by atoms with van der Waals surface area (Å²) in [6.45, 7) is 10.9. The Bertz CT molecular complexity index is 560. The smallest absolute Gasteiger partial charge is 0.338 e. The van der Waals surface area contributed by atoms with E-state index in [1.807, 2.05) is 13.8 Å². The average Bonchev–Trinajstić information content (AvgIpc) is 2.92. The van der Waals surface area contributed by atoms with E-state index in [4.69, 9.17) is 14.2 Å². The summed E-state index contributed by atoms with van der Waals surface area (Å²) in [6, 6.07) is -0.330. The number of hydrogen-bond donors (Lipinski definition) is 1. The molecule has 1 amide bonds. The molecule has 7 nitrogen and oxygen atoms in total. The van der Waals surface area contributed by atoms with Crippen molar-refractivity contribution in [3.63, 3.8) is 0 Å². The summed E-state index contributed by atoms with van der Waals surface area (Å²) in [4.78, 5) is 36.7. The maximum Gasteiger partial charge on any atom is 0.338 e. The van der Waals surface area contributed by atoms with Gasteiger partial charge in [-0.2, -0.15) is 0 Å². The Labute approximate surface area is 181 Å². The molecule has 0 bridgehead atoms. The number of hydrogen-bond acceptors (Lipinski definition) is 6. The lowest BCUT2D eigenvalue weighted by atomic mass is 9.92. The lowest BCUT2D eigenvalue weighted by molar-refractivity contribution is -0.162. The van der Waals surface area contributed by atoms with Gasteiger partial charge in [-0.25, -0.2) is 4.79 Å². The molecule has 1 fully saturated rings. The van der Waals surface area contributed by atoms with Gasteiger partial charge < -0.3 is 19.5 Å². The van der Waals surface area contributed by atoms with E-state index < -0.39 is 23.8 Å². The molecule has 0 radical (unpaired) electrons. The van der Waals surface area contributed by atoms with Crippen LogP contribution in [0.1, 0.15) is 92.9 Å². The summed E-state index contributed by atoms with van der Waals surface area (Å²) >= 11 is 0. The molecule has 1 aliphatic heterocycles. The minimum absolute atomic E-state index is 0.0698. The monoisotopic (exact) mass is 427 g/mol. The topological polar surface area (TPSA) is 90.9 Å². The van der Waals surface area contributed by atoms with E-state index in [-0.39, 0.29) is 30.4 Å². The standard InChI is InChI=1S/C23H41NO6/c1-7-8-9-10-11-12-13-14-18(20-22(27)30-23(5,6)29-20)21(26)24-19(16(2)3)15-28-17(4)25/h16,18-20H,7-15H2,1-6H3,(H,24,26)/t18-,19-,20+/m1/s1. The molecule has 0 aromatic carbocycles. The summed E-state index contributed by atoms with van der Waals surface area (Å²) in [7, 11) is 0. The Morgan fingerprint density at radius 1 is 1.10 bits per heavy atom. The number of ether oxygens (including phenoxy) is 3. The summed E-state index contributed by atoms with van der Waals surface area (Å²) in [6.07, 6.45) is 7.50. The molecule has 1 heterocycles. The third-order valence-corrected chi connectivity index (χ3v) is 5.41. The second-order valence-electron chi connectivity index (χ2n) is 9.04. The molecule has 174 valence electrons. The molecule has 3 atom stereocenters. The van der Waals surface area contributed by atoms with Crippen LogP contribution in [0, 0.1) is 11.8 Å². The summed E-state index contributed by atoms with van der Waals surface area (Å²) in [5, 5.41) is 2.96. The predicted molar refractivity (Wildman–Crippen MR) is 115 cm³/mol. The van der Waals surface area contributed by atoms with Crippen LogP contribution in [0.2, 0.25) is 0 Å². The number of rotatable bonds is 14. The van der Waals surface area contributed by atoms with Crippen molar-refractivity contribution in [3.8, 4) is 0 Å². The highest BCUT2D eigenvalue weighted by atomic mass is 16.8. The zero-order chi connectivity index (χ0) is 22.7. The molecule has 0 aromatic heterocycles. The first-order chi connectivity index (χ1) is 14.1. The highest BCUT2D eigenvalue weighted by Crippen LogP contribution is 2.31. The quantitative estimate of drug-likeness (QED) is 0.331. The van der Waals surface area contributed by atoms with Crippen molar-refractivity contribution in [3.05, 3.63) is 0 Å². The van der Waals surface area contributed by atoms with Gasteiger partial charge in [-0.15, -0.1) is 0 Å². The number of cyclic esters (lactones) is 1. The Morgan fingerprint density at radius 2 is 1.70 bits per heavy atom. The van der Waals surface area contributed by atoms with Crippen LogP contribution in [0.15, 0.2) is 0 Å². The van der Waals surface area contributed by atoms with Crippen LogP contribution in [0.25, 0.3) is 0 Å². The van der Waals surface area contributed by atoms with Crippen LogP contribution in [-0.4, -0.2) is 42.4 Å². The maximum absolute atomic E-state index is 13.1. The van der Waals surface area contributed by atoms with Crippen molar-refractivity contribution < 1.29 is 28.6 Å². The minimum Gasteiger partial charge on any atom is -0.464 e. The number of carbonyl (C=O) groups excluding carboxylic acids is 3. The Morgan fingerprint density at radius 3 is 2.20 bits per heavy atom. The van der Waals surface area contributed by atoms with Crippen LogP contribution in [0.3, 0.4) is 0 Å². The van der Waals surface area contributed by atoms with Gasteiger partial charge in [0.15, 0.2) is 6.10 Å². The minimum atomic E-state index is -1.03. The molecule has 7 heteroatoms. The molecule has 1 saturated heterocycles. The van der Waals surface area contributed by atoms with Crippen LogP contribution in [0.4, 0.5) is 0 Å². The van der Waals surface area contributed by atoms with Gasteiger partial charge in [0.2, 0.25) is 11.7 Å². The molecule has 0 aliphatic carbocycles. The molecule has 1 N–H and O–H groups in total. The van der Waals surface area contributed by atoms with Gasteiger partial charge in [0.25, 0.3) is 0 Å². The van der Waals surface area contributed by atoms with E-state index in [1.165, 1.54) is 32.6 Å². The van der Waals surface area contributed by atoms with Crippen molar-refractivity contribution in [1.82, 2.24) is 5.32 Å². The maximum atomic E-state index is 13.1. The van der Waals surface area contributed by atoms with Crippen LogP contribution < -0.4 is 5.32 Å². The normalized spacial score (nSPS) is 20.0. The Balaban J connectivity index is 2.74. The Kier molecular flexibility index (Phi) is 11.4. The first-order valence-electron chi connectivity index (χ1n) is 11.4. The highest BCUT2D eigenvalue weighted by Gasteiger charge is 2.47. The SMILES string of the molecule is CCCCCCCCC[C@@H](C(=O)N[C@H](COC(C)=O)C(C)C)[C@@H]1OC(C)(C)OC1=O. The number of esters is 2. The Hall–Kier alpha value is -1.63. The number of nitrogens with one attached hydrogen (secondary N) is 1. The van der Waals surface area contributed by atoms with Crippen LogP contribution in [0.5, 0.6) is 0 Å². The molecule has 0 unspecified atom stereocenters. The first-order valence-corrected chi connectivity index (χ1v) is 11.4. The number of unbranched alkanes of at least 4 members (excludes halogenated alkanes) is 6. The molecular weight excluding hydrogens is 386 g/mol. The van der Waals surface area contributed by atoms with Gasteiger partial charge in [-0.1, -0.05) is 65.7 Å². The lowest BCUT2D eigenvalue weighted by Gasteiger charge is -2.27. The van der Waals surface area contributed by atoms with Crippen LogP contribution in [-0.2, 0) is 28.6 Å². The molecule has 0 aromatic rings. The molecular formula is C23H41NO6. The van der Waals surface area contributed by atoms with Crippen molar-refractivity contribution in [2.24, 2.45) is 11.8 Å². The summed E-state index contributed by atoms with van der Waals surface area (Å²) < 4.78 is 16.2. The van der Waals surface area contributed by atoms with E-state index in [1.54, 1.807) is 13.8 Å². The third-order valence-electron chi connectivity index (χ3n) is 5.41. The zero-order valence-electron chi connectivity index (χ0n) is 19.6. The van der Waals surface area contributed by atoms with Gasteiger partial charge in [0.05, 0.1) is 12.0 Å². The first kappa shape index (κ1) is 26.4. The van der Waals surface area contributed by atoms with Crippen molar-refractivity contribution in [1.29, 1.82) is 0 Å². The van der Waals surface area contributed by atoms with E-state index in [0.29, 0.717) is 6.42 Å². The van der Waals surface area contributed by atoms with Crippen molar-refractivity contribution in [2.45, 2.75) is 111 Å². The van der Waals surface area contributed by atoms with Crippen molar-refractivity contribution in [2.75, 3.05) is 6.61 Å².